The van der Waals surface area contributed by atoms with Crippen LogP contribution in [0, 0.1) is 6.92 Å². The molecule has 3 aromatic rings. The number of aromatic nitrogens is 5. The SMILES string of the molecule is COC1CCN(c2cc(-c3cc[nH]n3)n(-c3ccc(C)nc3)n2)CC1. The standard InChI is InChI=1S/C18H22N6O/c1-13-3-4-14(12-19-13)24-17(16-5-8-20-21-16)11-18(22-24)23-9-6-15(25-2)7-10-23/h3-5,8,11-12,15H,6-7,9-10H2,1-2H3,(H,20,21). The number of methoxy groups -OCH3 is 1. The lowest BCUT2D eigenvalue weighted by atomic mass is 10.1. The first-order valence-corrected chi connectivity index (χ1v) is 8.55. The lowest BCUT2D eigenvalue weighted by Crippen LogP contribution is -2.36. The van der Waals surface area contributed by atoms with Crippen molar-refractivity contribution >= 4 is 5.82 Å². The number of nitrogens with zero attached hydrogens (tertiary/aromatic N) is 5. The highest BCUT2D eigenvalue weighted by Crippen LogP contribution is 2.28. The fourth-order valence-electron chi connectivity index (χ4n) is 3.21. The van der Waals surface area contributed by atoms with Crippen molar-refractivity contribution in [3.63, 3.8) is 0 Å². The minimum atomic E-state index is 0.352. The van der Waals surface area contributed by atoms with Crippen molar-refractivity contribution in [1.29, 1.82) is 0 Å². The maximum absolute atomic E-state index is 5.47. The number of aryl methyl sites for hydroxylation is 1. The molecule has 0 aliphatic carbocycles. The molecule has 4 rings (SSSR count). The van der Waals surface area contributed by atoms with Gasteiger partial charge in [-0.3, -0.25) is 10.1 Å². The molecule has 3 aromatic heterocycles. The summed E-state index contributed by atoms with van der Waals surface area (Å²) in [5, 5.41) is 12.1. The number of nitrogens with one attached hydrogen (secondary N) is 1. The predicted molar refractivity (Wildman–Crippen MR) is 95.9 cm³/mol. The first-order chi connectivity index (χ1) is 12.2. The molecule has 0 amide bonds. The Labute approximate surface area is 146 Å². The number of ether oxygens (including phenoxy) is 1. The van der Waals surface area contributed by atoms with Gasteiger partial charge in [0, 0.05) is 38.2 Å². The van der Waals surface area contributed by atoms with Crippen molar-refractivity contribution in [2.45, 2.75) is 25.9 Å². The van der Waals surface area contributed by atoms with E-state index < -0.39 is 0 Å². The van der Waals surface area contributed by atoms with E-state index in [2.05, 4.69) is 26.1 Å². The van der Waals surface area contributed by atoms with Crippen LogP contribution in [0.15, 0.2) is 36.7 Å². The molecular formula is C18H22N6O. The van der Waals surface area contributed by atoms with Gasteiger partial charge in [-0.15, -0.1) is 5.10 Å². The number of aromatic amines is 1. The first-order valence-electron chi connectivity index (χ1n) is 8.55. The highest BCUT2D eigenvalue weighted by atomic mass is 16.5. The van der Waals surface area contributed by atoms with Crippen LogP contribution in [0.2, 0.25) is 0 Å². The topological polar surface area (TPSA) is 71.9 Å². The monoisotopic (exact) mass is 338 g/mol. The van der Waals surface area contributed by atoms with Crippen LogP contribution in [0.5, 0.6) is 0 Å². The molecule has 0 unspecified atom stereocenters. The minimum absolute atomic E-state index is 0.352. The van der Waals surface area contributed by atoms with E-state index in [1.54, 1.807) is 7.11 Å². The second-order valence-electron chi connectivity index (χ2n) is 6.34. The summed E-state index contributed by atoms with van der Waals surface area (Å²) in [6, 6.07) is 8.08. The van der Waals surface area contributed by atoms with Gasteiger partial charge < -0.3 is 9.64 Å². The van der Waals surface area contributed by atoms with Gasteiger partial charge in [0.25, 0.3) is 0 Å². The summed E-state index contributed by atoms with van der Waals surface area (Å²) in [5.41, 5.74) is 3.74. The van der Waals surface area contributed by atoms with E-state index in [-0.39, 0.29) is 0 Å². The van der Waals surface area contributed by atoms with Crippen LogP contribution in [0.3, 0.4) is 0 Å². The maximum atomic E-state index is 5.47. The predicted octanol–water partition coefficient (Wildman–Crippen LogP) is 2.58. The Hall–Kier alpha value is -2.67. The number of anilines is 1. The van der Waals surface area contributed by atoms with Crippen molar-refractivity contribution in [3.8, 4) is 17.1 Å². The molecule has 1 aliphatic heterocycles. The molecule has 1 saturated heterocycles. The second-order valence-corrected chi connectivity index (χ2v) is 6.34. The Bertz CT molecular complexity index is 816. The third-order valence-electron chi connectivity index (χ3n) is 4.70. The van der Waals surface area contributed by atoms with E-state index >= 15 is 0 Å². The Balaban J connectivity index is 1.70. The second kappa shape index (κ2) is 6.68. The van der Waals surface area contributed by atoms with Gasteiger partial charge >= 0.3 is 0 Å². The fraction of sp³-hybridized carbons (Fsp3) is 0.389. The lowest BCUT2D eigenvalue weighted by Gasteiger charge is -2.31. The Morgan fingerprint density at radius 3 is 2.68 bits per heavy atom. The van der Waals surface area contributed by atoms with E-state index in [0.29, 0.717) is 6.10 Å². The van der Waals surface area contributed by atoms with Gasteiger partial charge in [0.2, 0.25) is 0 Å². The van der Waals surface area contributed by atoms with Crippen LogP contribution in [0.25, 0.3) is 17.1 Å². The zero-order valence-electron chi connectivity index (χ0n) is 14.5. The molecule has 0 atom stereocenters. The maximum Gasteiger partial charge on any atom is 0.151 e. The van der Waals surface area contributed by atoms with Crippen molar-refractivity contribution in [3.05, 3.63) is 42.4 Å². The van der Waals surface area contributed by atoms with Crippen LogP contribution in [0.1, 0.15) is 18.5 Å². The van der Waals surface area contributed by atoms with E-state index in [4.69, 9.17) is 9.84 Å². The summed E-state index contributed by atoms with van der Waals surface area (Å²) >= 11 is 0. The van der Waals surface area contributed by atoms with Gasteiger partial charge in [-0.1, -0.05) is 0 Å². The molecular weight excluding hydrogens is 316 g/mol. The summed E-state index contributed by atoms with van der Waals surface area (Å²) in [7, 11) is 1.79. The molecule has 0 bridgehead atoms. The van der Waals surface area contributed by atoms with Gasteiger partial charge in [0.15, 0.2) is 5.82 Å². The van der Waals surface area contributed by atoms with E-state index in [1.807, 2.05) is 42.2 Å². The van der Waals surface area contributed by atoms with Crippen molar-refractivity contribution < 1.29 is 4.74 Å². The van der Waals surface area contributed by atoms with E-state index in [0.717, 1.165) is 54.5 Å². The van der Waals surface area contributed by atoms with Crippen LogP contribution in [0.4, 0.5) is 5.82 Å². The number of piperidine rings is 1. The molecule has 1 N–H and O–H groups in total. The molecule has 0 saturated carbocycles. The summed E-state index contributed by atoms with van der Waals surface area (Å²) in [6.07, 6.45) is 6.06. The molecule has 1 aliphatic rings. The van der Waals surface area contributed by atoms with Crippen molar-refractivity contribution in [2.24, 2.45) is 0 Å². The number of pyridine rings is 1. The molecule has 25 heavy (non-hydrogen) atoms. The molecule has 7 heteroatoms. The number of hydrogen-bond donors (Lipinski definition) is 1. The normalized spacial score (nSPS) is 15.7. The molecule has 0 spiro atoms. The molecule has 130 valence electrons. The van der Waals surface area contributed by atoms with Crippen molar-refractivity contribution in [2.75, 3.05) is 25.1 Å². The summed E-state index contributed by atoms with van der Waals surface area (Å²) in [6.45, 7) is 3.87. The smallest absolute Gasteiger partial charge is 0.151 e. The highest BCUT2D eigenvalue weighted by Gasteiger charge is 2.23. The van der Waals surface area contributed by atoms with Gasteiger partial charge in [0.1, 0.15) is 5.69 Å². The zero-order chi connectivity index (χ0) is 17.2. The third-order valence-corrected chi connectivity index (χ3v) is 4.70. The minimum Gasteiger partial charge on any atom is -0.381 e. The average molecular weight is 338 g/mol. The van der Waals surface area contributed by atoms with Crippen LogP contribution in [-0.4, -0.2) is 51.3 Å². The third kappa shape index (κ3) is 3.15. The molecule has 0 radical (unpaired) electrons. The summed E-state index contributed by atoms with van der Waals surface area (Å²) in [5.74, 6) is 0.966. The molecule has 4 heterocycles. The Morgan fingerprint density at radius 2 is 2.04 bits per heavy atom. The van der Waals surface area contributed by atoms with Crippen LogP contribution in [-0.2, 0) is 4.74 Å². The van der Waals surface area contributed by atoms with Crippen LogP contribution >= 0.6 is 0 Å². The Kier molecular flexibility index (Phi) is 4.23. The quantitative estimate of drug-likeness (QED) is 0.792. The molecule has 1 fully saturated rings. The summed E-state index contributed by atoms with van der Waals surface area (Å²) in [4.78, 5) is 6.71. The number of hydrogen-bond acceptors (Lipinski definition) is 5. The lowest BCUT2D eigenvalue weighted by molar-refractivity contribution is 0.0818. The van der Waals surface area contributed by atoms with Gasteiger partial charge in [-0.25, -0.2) is 4.68 Å². The van der Waals surface area contributed by atoms with Gasteiger partial charge in [-0.2, -0.15) is 5.10 Å². The van der Waals surface area contributed by atoms with Gasteiger partial charge in [-0.05, 0) is 38.0 Å². The fourth-order valence-corrected chi connectivity index (χ4v) is 3.21. The van der Waals surface area contributed by atoms with E-state index in [1.165, 1.54) is 0 Å². The Morgan fingerprint density at radius 1 is 1.20 bits per heavy atom. The van der Waals surface area contributed by atoms with Crippen LogP contribution < -0.4 is 4.90 Å². The average Bonchev–Trinajstić information content (AvgIpc) is 3.32. The zero-order valence-corrected chi connectivity index (χ0v) is 14.5. The highest BCUT2D eigenvalue weighted by molar-refractivity contribution is 5.63. The number of rotatable bonds is 4. The largest absolute Gasteiger partial charge is 0.381 e. The first kappa shape index (κ1) is 15.8. The molecule has 7 nitrogen and oxygen atoms in total. The number of H-pyrrole nitrogens is 1. The van der Waals surface area contributed by atoms with Crippen molar-refractivity contribution in [1.82, 2.24) is 25.0 Å². The molecule has 0 aromatic carbocycles. The summed E-state index contributed by atoms with van der Waals surface area (Å²) < 4.78 is 7.39. The van der Waals surface area contributed by atoms with Gasteiger partial charge in [0.05, 0.1) is 23.7 Å². The van der Waals surface area contributed by atoms with E-state index in [9.17, 15) is 0 Å².